The molecule has 0 fully saturated rings. The van der Waals surface area contributed by atoms with E-state index >= 15 is 0 Å². The van der Waals surface area contributed by atoms with Crippen LogP contribution in [0.1, 0.15) is 23.4 Å². The summed E-state index contributed by atoms with van der Waals surface area (Å²) in [5, 5.41) is 8.55. The Morgan fingerprint density at radius 2 is 2.21 bits per heavy atom. The van der Waals surface area contributed by atoms with E-state index in [-0.39, 0.29) is 23.6 Å². The second-order valence-electron chi connectivity index (χ2n) is 2.58. The third-order valence-corrected chi connectivity index (χ3v) is 1.70. The molecule has 0 aliphatic rings. The van der Waals surface area contributed by atoms with Crippen LogP contribution in [0.15, 0.2) is 6.07 Å². The van der Waals surface area contributed by atoms with E-state index in [9.17, 15) is 8.78 Å². The minimum absolute atomic E-state index is 0.0179. The van der Waals surface area contributed by atoms with Crippen molar-refractivity contribution >= 4 is 5.69 Å². The third-order valence-electron chi connectivity index (χ3n) is 1.70. The molecule has 0 aliphatic heterocycles. The van der Waals surface area contributed by atoms with Gasteiger partial charge < -0.3 is 11.5 Å². The zero-order valence-electron chi connectivity index (χ0n) is 7.17. The molecule has 14 heavy (non-hydrogen) atoms. The zero-order valence-corrected chi connectivity index (χ0v) is 7.17. The predicted molar refractivity (Wildman–Crippen MR) is 46.2 cm³/mol. The van der Waals surface area contributed by atoms with Crippen molar-refractivity contribution in [1.29, 1.82) is 5.26 Å². The summed E-state index contributed by atoms with van der Waals surface area (Å²) in [7, 11) is 0. The molecule has 0 saturated heterocycles. The van der Waals surface area contributed by atoms with Crippen molar-refractivity contribution in [2.45, 2.75) is 13.0 Å². The van der Waals surface area contributed by atoms with Crippen molar-refractivity contribution in [1.82, 2.24) is 4.98 Å². The Morgan fingerprint density at radius 3 is 2.64 bits per heavy atom. The zero-order chi connectivity index (χ0) is 10.7. The van der Waals surface area contributed by atoms with Crippen LogP contribution in [0.2, 0.25) is 0 Å². The summed E-state index contributed by atoms with van der Waals surface area (Å²) in [5.41, 5.74) is 10.2. The van der Waals surface area contributed by atoms with Gasteiger partial charge in [0.2, 0.25) is 0 Å². The highest BCUT2D eigenvalue weighted by Crippen LogP contribution is 2.24. The lowest BCUT2D eigenvalue weighted by molar-refractivity contribution is 0.150. The molecule has 0 radical (unpaired) electrons. The first kappa shape index (κ1) is 10.3. The Labute approximate surface area is 79.1 Å². The molecule has 0 saturated carbocycles. The first-order chi connectivity index (χ1) is 6.60. The molecule has 0 atom stereocenters. The number of halogens is 2. The van der Waals surface area contributed by atoms with Gasteiger partial charge in [0.25, 0.3) is 6.43 Å². The molecule has 74 valence electrons. The number of nitrogens with two attached hydrogens (primary N) is 2. The van der Waals surface area contributed by atoms with Gasteiger partial charge in [0.1, 0.15) is 11.8 Å². The van der Waals surface area contributed by atoms with E-state index < -0.39 is 12.0 Å². The summed E-state index contributed by atoms with van der Waals surface area (Å²) in [6, 6.07) is 2.62. The summed E-state index contributed by atoms with van der Waals surface area (Å²) in [5.74, 6) is 0. The van der Waals surface area contributed by atoms with E-state index in [1.54, 1.807) is 6.07 Å². The van der Waals surface area contributed by atoms with Crippen LogP contribution in [0.3, 0.4) is 0 Å². The number of nitriles is 1. The number of alkyl halides is 2. The van der Waals surface area contributed by atoms with Gasteiger partial charge in [0, 0.05) is 6.54 Å². The molecule has 0 amide bonds. The number of hydrogen-bond acceptors (Lipinski definition) is 4. The van der Waals surface area contributed by atoms with Gasteiger partial charge in [-0.15, -0.1) is 0 Å². The van der Waals surface area contributed by atoms with Crippen molar-refractivity contribution in [3.05, 3.63) is 23.0 Å². The fourth-order valence-electron chi connectivity index (χ4n) is 1.00. The molecule has 4 nitrogen and oxygen atoms in total. The van der Waals surface area contributed by atoms with Gasteiger partial charge in [-0.05, 0) is 6.07 Å². The number of rotatable bonds is 2. The Morgan fingerprint density at radius 1 is 1.57 bits per heavy atom. The summed E-state index contributed by atoms with van der Waals surface area (Å²) >= 11 is 0. The second-order valence-corrected chi connectivity index (χ2v) is 2.58. The van der Waals surface area contributed by atoms with Crippen LogP contribution < -0.4 is 11.5 Å². The topological polar surface area (TPSA) is 88.7 Å². The number of nitrogen functional groups attached to an aromatic ring is 1. The normalized spacial score (nSPS) is 10.2. The Hall–Kier alpha value is -1.74. The maximum atomic E-state index is 12.4. The van der Waals surface area contributed by atoms with E-state index in [1.165, 1.54) is 0 Å². The molecule has 6 heteroatoms. The minimum atomic E-state index is -2.76. The maximum absolute atomic E-state index is 12.4. The van der Waals surface area contributed by atoms with E-state index in [2.05, 4.69) is 4.98 Å². The molecule has 0 spiro atoms. The van der Waals surface area contributed by atoms with Crippen molar-refractivity contribution in [3.63, 3.8) is 0 Å². The molecule has 1 aromatic rings. The lowest BCUT2D eigenvalue weighted by Gasteiger charge is -2.06. The summed E-state index contributed by atoms with van der Waals surface area (Å²) in [6.07, 6.45) is -2.76. The molecule has 0 bridgehead atoms. The Balaban J connectivity index is 3.33. The lowest BCUT2D eigenvalue weighted by Crippen LogP contribution is -2.08. The highest BCUT2D eigenvalue weighted by Gasteiger charge is 2.16. The van der Waals surface area contributed by atoms with Gasteiger partial charge in [0.05, 0.1) is 16.9 Å². The average Bonchev–Trinajstić information content (AvgIpc) is 2.17. The van der Waals surface area contributed by atoms with Crippen molar-refractivity contribution in [2.24, 2.45) is 5.73 Å². The summed E-state index contributed by atoms with van der Waals surface area (Å²) in [6.45, 7) is 0.0179. The molecule has 0 unspecified atom stereocenters. The first-order valence-electron chi connectivity index (χ1n) is 3.77. The van der Waals surface area contributed by atoms with E-state index in [0.29, 0.717) is 0 Å². The average molecular weight is 198 g/mol. The molecular weight excluding hydrogens is 190 g/mol. The van der Waals surface area contributed by atoms with Gasteiger partial charge in [-0.25, -0.2) is 13.8 Å². The van der Waals surface area contributed by atoms with Crippen LogP contribution >= 0.6 is 0 Å². The molecule has 0 aromatic carbocycles. The second kappa shape index (κ2) is 3.98. The van der Waals surface area contributed by atoms with E-state index in [4.69, 9.17) is 16.7 Å². The van der Waals surface area contributed by atoms with Crippen LogP contribution in [-0.4, -0.2) is 4.98 Å². The molecule has 1 rings (SSSR count). The molecule has 1 heterocycles. The minimum Gasteiger partial charge on any atom is -0.397 e. The van der Waals surface area contributed by atoms with Crippen molar-refractivity contribution < 1.29 is 8.78 Å². The van der Waals surface area contributed by atoms with Gasteiger partial charge in [-0.3, -0.25) is 0 Å². The number of aromatic nitrogens is 1. The number of anilines is 1. The van der Waals surface area contributed by atoms with E-state index in [0.717, 1.165) is 6.07 Å². The monoisotopic (exact) mass is 198 g/mol. The fourth-order valence-corrected chi connectivity index (χ4v) is 1.00. The number of pyridine rings is 1. The Kier molecular flexibility index (Phi) is 2.94. The van der Waals surface area contributed by atoms with Crippen LogP contribution in [-0.2, 0) is 6.54 Å². The quantitative estimate of drug-likeness (QED) is 0.739. The first-order valence-corrected chi connectivity index (χ1v) is 3.77. The van der Waals surface area contributed by atoms with Crippen LogP contribution in [0.5, 0.6) is 0 Å². The highest BCUT2D eigenvalue weighted by molar-refractivity contribution is 5.49. The summed E-state index contributed by atoms with van der Waals surface area (Å²) in [4.78, 5) is 3.64. The molecule has 1 aromatic heterocycles. The maximum Gasteiger partial charge on any atom is 0.266 e. The fraction of sp³-hybridized carbons (Fsp3) is 0.250. The number of nitrogens with zero attached hydrogens (tertiary/aromatic N) is 2. The van der Waals surface area contributed by atoms with Gasteiger partial charge in [-0.2, -0.15) is 5.26 Å². The SMILES string of the molecule is N#Cc1nc(CN)c(N)cc1C(F)F. The molecular formula is C8H8F2N4. The number of hydrogen-bond donors (Lipinski definition) is 2. The highest BCUT2D eigenvalue weighted by atomic mass is 19.3. The molecule has 4 N–H and O–H groups in total. The van der Waals surface area contributed by atoms with Crippen molar-refractivity contribution in [2.75, 3.05) is 5.73 Å². The van der Waals surface area contributed by atoms with E-state index in [1.807, 2.05) is 0 Å². The lowest BCUT2D eigenvalue weighted by atomic mass is 10.1. The standard InChI is InChI=1S/C8H8F2N4/c9-8(10)4-1-5(13)7(3-12)14-6(4)2-11/h1,8H,3,12-13H2. The van der Waals surface area contributed by atoms with Crippen LogP contribution in [0.25, 0.3) is 0 Å². The van der Waals surface area contributed by atoms with Gasteiger partial charge >= 0.3 is 0 Å². The largest absolute Gasteiger partial charge is 0.397 e. The summed E-state index contributed by atoms with van der Waals surface area (Å²) < 4.78 is 24.7. The third kappa shape index (κ3) is 1.78. The molecule has 0 aliphatic carbocycles. The van der Waals surface area contributed by atoms with Gasteiger partial charge in [-0.1, -0.05) is 0 Å². The van der Waals surface area contributed by atoms with Gasteiger partial charge in [0.15, 0.2) is 0 Å². The predicted octanol–water partition coefficient (Wildman–Crippen LogP) is 0.932. The van der Waals surface area contributed by atoms with Crippen molar-refractivity contribution in [3.8, 4) is 6.07 Å². The Bertz CT molecular complexity index is 384. The van der Waals surface area contributed by atoms with Crippen LogP contribution in [0.4, 0.5) is 14.5 Å². The van der Waals surface area contributed by atoms with Crippen LogP contribution in [0, 0.1) is 11.3 Å². The smallest absolute Gasteiger partial charge is 0.266 e.